The lowest BCUT2D eigenvalue weighted by Crippen LogP contribution is -1.99. The van der Waals surface area contributed by atoms with E-state index in [1.165, 1.54) is 11.1 Å². The molecule has 2 aromatic rings. The normalized spacial score (nSPS) is 11.5. The molecule has 0 spiro atoms. The van der Waals surface area contributed by atoms with E-state index < -0.39 is 0 Å². The molecule has 0 saturated heterocycles. The van der Waals surface area contributed by atoms with Crippen molar-refractivity contribution in [1.82, 2.24) is 0 Å². The molecule has 0 aliphatic rings. The van der Waals surface area contributed by atoms with Crippen molar-refractivity contribution in [1.29, 1.82) is 5.26 Å². The van der Waals surface area contributed by atoms with Crippen LogP contribution in [0.15, 0.2) is 67.3 Å². The van der Waals surface area contributed by atoms with Crippen LogP contribution in [0.3, 0.4) is 0 Å². The fourth-order valence-corrected chi connectivity index (χ4v) is 2.11. The van der Waals surface area contributed by atoms with Gasteiger partial charge in [0.15, 0.2) is 0 Å². The van der Waals surface area contributed by atoms with Gasteiger partial charge in [0.1, 0.15) is 0 Å². The van der Waals surface area contributed by atoms with Crippen LogP contribution in [-0.4, -0.2) is 0 Å². The van der Waals surface area contributed by atoms with Crippen molar-refractivity contribution >= 4 is 0 Å². The highest BCUT2D eigenvalue weighted by atomic mass is 14.2. The number of benzene rings is 2. The van der Waals surface area contributed by atoms with E-state index in [4.69, 9.17) is 5.26 Å². The second kappa shape index (κ2) is 5.84. The molecule has 0 aromatic heterocycles. The summed E-state index contributed by atoms with van der Waals surface area (Å²) in [7, 11) is 0. The highest BCUT2D eigenvalue weighted by Crippen LogP contribution is 2.28. The van der Waals surface area contributed by atoms with Crippen molar-refractivity contribution in [2.45, 2.75) is 12.3 Å². The molecule has 1 heteroatoms. The van der Waals surface area contributed by atoms with Gasteiger partial charge in [-0.2, -0.15) is 5.26 Å². The van der Waals surface area contributed by atoms with Crippen molar-refractivity contribution in [3.8, 4) is 6.07 Å². The summed E-state index contributed by atoms with van der Waals surface area (Å²) in [4.78, 5) is 0. The van der Waals surface area contributed by atoms with E-state index in [2.05, 4.69) is 36.9 Å². The van der Waals surface area contributed by atoms with E-state index in [-0.39, 0.29) is 0 Å². The maximum Gasteiger partial charge on any atom is 0.0991 e. The second-order valence-corrected chi connectivity index (χ2v) is 4.22. The van der Waals surface area contributed by atoms with Gasteiger partial charge in [0, 0.05) is 5.92 Å². The molecule has 0 aliphatic carbocycles. The molecule has 0 N–H and O–H groups in total. The summed E-state index contributed by atoms with van der Waals surface area (Å²) < 4.78 is 0. The molecule has 1 atom stereocenters. The van der Waals surface area contributed by atoms with Crippen LogP contribution >= 0.6 is 0 Å². The first-order valence-electron chi connectivity index (χ1n) is 6.01. The van der Waals surface area contributed by atoms with E-state index >= 15 is 0 Å². The van der Waals surface area contributed by atoms with Crippen LogP contribution in [0.5, 0.6) is 0 Å². The maximum atomic E-state index is 8.82. The zero-order valence-corrected chi connectivity index (χ0v) is 10.2. The van der Waals surface area contributed by atoms with Gasteiger partial charge in [-0.3, -0.25) is 0 Å². The first kappa shape index (κ1) is 12.1. The summed E-state index contributed by atoms with van der Waals surface area (Å²) in [5, 5.41) is 8.82. The largest absolute Gasteiger partial charge is 0.192 e. The number of nitriles is 1. The third-order valence-electron chi connectivity index (χ3n) is 3.05. The zero-order valence-electron chi connectivity index (χ0n) is 10.2. The lowest BCUT2D eigenvalue weighted by atomic mass is 9.88. The van der Waals surface area contributed by atoms with Crippen LogP contribution in [0.25, 0.3) is 0 Å². The Balaban J connectivity index is 2.35. The van der Waals surface area contributed by atoms with Gasteiger partial charge in [0.25, 0.3) is 0 Å². The van der Waals surface area contributed by atoms with E-state index in [1.807, 2.05) is 36.4 Å². The quantitative estimate of drug-likeness (QED) is 0.723. The minimum atomic E-state index is 0.316. The Morgan fingerprint density at radius 3 is 2.17 bits per heavy atom. The number of hydrogen-bond donors (Lipinski definition) is 0. The molecule has 0 saturated carbocycles. The molecule has 0 fully saturated rings. The van der Waals surface area contributed by atoms with Crippen LogP contribution in [0, 0.1) is 11.3 Å². The van der Waals surface area contributed by atoms with Gasteiger partial charge in [-0.15, -0.1) is 6.58 Å². The van der Waals surface area contributed by atoms with Gasteiger partial charge >= 0.3 is 0 Å². The standard InChI is InChI=1S/C17H15N/c1-2-6-17(15-7-4-3-5-8-15)16-11-9-14(13-18)10-12-16/h2-5,7-12,17H,1,6H2. The Hall–Kier alpha value is -2.33. The predicted molar refractivity (Wildman–Crippen MR) is 74.3 cm³/mol. The van der Waals surface area contributed by atoms with Gasteiger partial charge in [-0.1, -0.05) is 48.5 Å². The molecule has 0 amide bonds. The first-order valence-corrected chi connectivity index (χ1v) is 6.01. The van der Waals surface area contributed by atoms with Crippen LogP contribution in [0.1, 0.15) is 29.0 Å². The summed E-state index contributed by atoms with van der Waals surface area (Å²) in [5.41, 5.74) is 3.20. The topological polar surface area (TPSA) is 23.8 Å². The van der Waals surface area contributed by atoms with Crippen molar-refractivity contribution < 1.29 is 0 Å². The average Bonchev–Trinajstić information content (AvgIpc) is 2.46. The monoisotopic (exact) mass is 233 g/mol. The van der Waals surface area contributed by atoms with Crippen LogP contribution in [0.2, 0.25) is 0 Å². The summed E-state index contributed by atoms with van der Waals surface area (Å²) in [6.45, 7) is 3.83. The Morgan fingerprint density at radius 1 is 1.00 bits per heavy atom. The van der Waals surface area contributed by atoms with E-state index in [1.54, 1.807) is 0 Å². The van der Waals surface area contributed by atoms with Gasteiger partial charge in [-0.05, 0) is 29.7 Å². The van der Waals surface area contributed by atoms with Crippen LogP contribution in [0.4, 0.5) is 0 Å². The second-order valence-electron chi connectivity index (χ2n) is 4.22. The van der Waals surface area contributed by atoms with Crippen molar-refractivity contribution in [3.05, 3.63) is 83.9 Å². The molecule has 0 radical (unpaired) electrons. The number of hydrogen-bond acceptors (Lipinski definition) is 1. The molecule has 0 heterocycles. The molecule has 0 aliphatic heterocycles. The SMILES string of the molecule is C=CCC(c1ccccc1)c1ccc(C#N)cc1. The van der Waals surface area contributed by atoms with E-state index in [9.17, 15) is 0 Å². The molecule has 88 valence electrons. The Morgan fingerprint density at radius 2 is 1.61 bits per heavy atom. The maximum absolute atomic E-state index is 8.82. The van der Waals surface area contributed by atoms with E-state index in [0.717, 1.165) is 6.42 Å². The van der Waals surface area contributed by atoms with Crippen molar-refractivity contribution in [2.75, 3.05) is 0 Å². The highest BCUT2D eigenvalue weighted by Gasteiger charge is 2.11. The summed E-state index contributed by atoms with van der Waals surface area (Å²) in [5.74, 6) is 0.316. The molecule has 2 rings (SSSR count). The summed E-state index contributed by atoms with van der Waals surface area (Å²) in [6.07, 6.45) is 2.84. The Kier molecular flexibility index (Phi) is 3.94. The molecular weight excluding hydrogens is 218 g/mol. The Labute approximate surface area is 108 Å². The molecule has 0 bridgehead atoms. The highest BCUT2D eigenvalue weighted by molar-refractivity contribution is 5.38. The van der Waals surface area contributed by atoms with Crippen molar-refractivity contribution in [2.24, 2.45) is 0 Å². The molecule has 1 nitrogen and oxygen atoms in total. The lowest BCUT2D eigenvalue weighted by Gasteiger charge is -2.16. The van der Waals surface area contributed by atoms with Gasteiger partial charge in [0.2, 0.25) is 0 Å². The van der Waals surface area contributed by atoms with Crippen LogP contribution in [-0.2, 0) is 0 Å². The number of rotatable bonds is 4. The Bertz CT molecular complexity index is 546. The lowest BCUT2D eigenvalue weighted by molar-refractivity contribution is 0.831. The molecular formula is C17H15N. The molecule has 1 unspecified atom stereocenters. The fourth-order valence-electron chi connectivity index (χ4n) is 2.11. The predicted octanol–water partition coefficient (Wildman–Crippen LogP) is 4.27. The minimum absolute atomic E-state index is 0.316. The molecule has 18 heavy (non-hydrogen) atoms. The van der Waals surface area contributed by atoms with Gasteiger partial charge < -0.3 is 0 Å². The van der Waals surface area contributed by atoms with Crippen LogP contribution < -0.4 is 0 Å². The van der Waals surface area contributed by atoms with Gasteiger partial charge in [-0.25, -0.2) is 0 Å². The third-order valence-corrected chi connectivity index (χ3v) is 3.05. The average molecular weight is 233 g/mol. The first-order chi connectivity index (χ1) is 8.85. The van der Waals surface area contributed by atoms with E-state index in [0.29, 0.717) is 11.5 Å². The number of nitrogens with zero attached hydrogens (tertiary/aromatic N) is 1. The smallest absolute Gasteiger partial charge is 0.0991 e. The fraction of sp³-hybridized carbons (Fsp3) is 0.118. The molecule has 2 aromatic carbocycles. The summed E-state index contributed by atoms with van der Waals surface area (Å²) in [6, 6.07) is 20.3. The summed E-state index contributed by atoms with van der Waals surface area (Å²) >= 11 is 0. The number of allylic oxidation sites excluding steroid dienone is 1. The van der Waals surface area contributed by atoms with Crippen molar-refractivity contribution in [3.63, 3.8) is 0 Å². The third kappa shape index (κ3) is 2.67. The zero-order chi connectivity index (χ0) is 12.8. The minimum Gasteiger partial charge on any atom is -0.192 e. The van der Waals surface area contributed by atoms with Gasteiger partial charge in [0.05, 0.1) is 11.6 Å².